The molecule has 0 saturated carbocycles. The van der Waals surface area contributed by atoms with Crippen LogP contribution in [0.4, 0.5) is 0 Å². The summed E-state index contributed by atoms with van der Waals surface area (Å²) in [5.74, 6) is 0.858. The van der Waals surface area contributed by atoms with Crippen LogP contribution >= 0.6 is 0 Å². The zero-order valence-electron chi connectivity index (χ0n) is 14.8. The summed E-state index contributed by atoms with van der Waals surface area (Å²) in [6, 6.07) is 18.9. The van der Waals surface area contributed by atoms with E-state index in [4.69, 9.17) is 4.74 Å². The Morgan fingerprint density at radius 1 is 0.960 bits per heavy atom. The first kappa shape index (κ1) is 17.7. The maximum atomic E-state index is 9.97. The molecule has 0 amide bonds. The van der Waals surface area contributed by atoms with Crippen LogP contribution in [0.1, 0.15) is 19.4 Å². The van der Waals surface area contributed by atoms with Gasteiger partial charge in [-0.25, -0.2) is 0 Å². The number of hydrogen-bond acceptors (Lipinski definition) is 4. The summed E-state index contributed by atoms with van der Waals surface area (Å²) in [5, 5.41) is 9.97. The standard InChI is InChI=1S/C21H26N2O2/c1-15-12-20(24)16(2)21(25-15)14-23-22-13-17-8-10-19(11-9-17)18-6-4-3-5-7-18/h3-12,16,20-24H,13-14H2,1-2H3/t16-,20-,21?/m1/s1. The first-order chi connectivity index (χ1) is 12.1. The first-order valence-electron chi connectivity index (χ1n) is 8.77. The third-order valence-electron chi connectivity index (χ3n) is 4.65. The van der Waals surface area contributed by atoms with E-state index in [1.54, 1.807) is 6.08 Å². The van der Waals surface area contributed by atoms with Gasteiger partial charge in [0, 0.05) is 19.0 Å². The van der Waals surface area contributed by atoms with E-state index in [0.29, 0.717) is 6.54 Å². The van der Waals surface area contributed by atoms with Crippen molar-refractivity contribution in [2.45, 2.75) is 32.6 Å². The van der Waals surface area contributed by atoms with Crippen molar-refractivity contribution in [3.8, 4) is 11.1 Å². The highest BCUT2D eigenvalue weighted by molar-refractivity contribution is 5.63. The minimum absolute atomic E-state index is 0.0343. The van der Waals surface area contributed by atoms with Crippen molar-refractivity contribution in [3.05, 3.63) is 72.0 Å². The van der Waals surface area contributed by atoms with Gasteiger partial charge in [-0.2, -0.15) is 0 Å². The lowest BCUT2D eigenvalue weighted by atomic mass is 9.95. The summed E-state index contributed by atoms with van der Waals surface area (Å²) in [5.41, 5.74) is 10.1. The van der Waals surface area contributed by atoms with Gasteiger partial charge in [-0.15, -0.1) is 0 Å². The molecule has 0 radical (unpaired) electrons. The van der Waals surface area contributed by atoms with Crippen molar-refractivity contribution < 1.29 is 9.84 Å². The fourth-order valence-corrected chi connectivity index (χ4v) is 3.01. The van der Waals surface area contributed by atoms with Gasteiger partial charge in [0.15, 0.2) is 0 Å². The van der Waals surface area contributed by atoms with Crippen molar-refractivity contribution in [3.63, 3.8) is 0 Å². The molecule has 1 heterocycles. The number of aliphatic hydroxyl groups is 1. The van der Waals surface area contributed by atoms with E-state index < -0.39 is 6.10 Å². The largest absolute Gasteiger partial charge is 0.494 e. The van der Waals surface area contributed by atoms with E-state index in [1.165, 1.54) is 16.7 Å². The lowest BCUT2D eigenvalue weighted by molar-refractivity contribution is -0.00490. The zero-order valence-corrected chi connectivity index (χ0v) is 14.8. The minimum atomic E-state index is -0.439. The average Bonchev–Trinajstić information content (AvgIpc) is 2.64. The van der Waals surface area contributed by atoms with Gasteiger partial charge in [0.05, 0.1) is 11.9 Å². The Hall–Kier alpha value is -2.14. The Balaban J connectivity index is 1.46. The maximum absolute atomic E-state index is 9.97. The fourth-order valence-electron chi connectivity index (χ4n) is 3.01. The van der Waals surface area contributed by atoms with Crippen LogP contribution in [0.5, 0.6) is 0 Å². The number of rotatable bonds is 6. The molecule has 1 aliphatic heterocycles. The molecule has 3 N–H and O–H groups in total. The van der Waals surface area contributed by atoms with Crippen LogP contribution in [0.15, 0.2) is 66.4 Å². The molecule has 0 aromatic heterocycles. The van der Waals surface area contributed by atoms with Crippen molar-refractivity contribution in [1.29, 1.82) is 0 Å². The van der Waals surface area contributed by atoms with Crippen LogP contribution in [0, 0.1) is 5.92 Å². The predicted molar refractivity (Wildman–Crippen MR) is 101 cm³/mol. The normalized spacial score (nSPS) is 23.0. The Labute approximate surface area is 149 Å². The van der Waals surface area contributed by atoms with E-state index >= 15 is 0 Å². The molecule has 2 aromatic rings. The number of benzene rings is 2. The molecule has 1 unspecified atom stereocenters. The third-order valence-corrected chi connectivity index (χ3v) is 4.65. The van der Waals surface area contributed by atoms with Crippen LogP contribution in [0.25, 0.3) is 11.1 Å². The lowest BCUT2D eigenvalue weighted by Crippen LogP contribution is -2.45. The summed E-state index contributed by atoms with van der Waals surface area (Å²) < 4.78 is 5.78. The SMILES string of the molecule is CC1=C[C@@H](O)[C@@H](C)C(CNNCc2ccc(-c3ccccc3)cc2)O1. The van der Waals surface area contributed by atoms with Crippen molar-refractivity contribution in [1.82, 2.24) is 10.9 Å². The quantitative estimate of drug-likeness (QED) is 0.559. The number of aliphatic hydroxyl groups excluding tert-OH is 1. The van der Waals surface area contributed by atoms with E-state index in [1.807, 2.05) is 19.9 Å². The lowest BCUT2D eigenvalue weighted by Gasteiger charge is -2.32. The van der Waals surface area contributed by atoms with Gasteiger partial charge in [0.1, 0.15) is 6.10 Å². The number of hydrazine groups is 1. The molecular weight excluding hydrogens is 312 g/mol. The summed E-state index contributed by atoms with van der Waals surface area (Å²) in [6.07, 6.45) is 1.29. The molecule has 0 saturated heterocycles. The summed E-state index contributed by atoms with van der Waals surface area (Å²) >= 11 is 0. The smallest absolute Gasteiger partial charge is 0.117 e. The third kappa shape index (κ3) is 4.69. The van der Waals surface area contributed by atoms with Crippen molar-refractivity contribution in [2.24, 2.45) is 5.92 Å². The average molecular weight is 338 g/mol. The molecule has 0 aliphatic carbocycles. The van der Waals surface area contributed by atoms with Gasteiger partial charge < -0.3 is 9.84 Å². The molecule has 1 aliphatic rings. The topological polar surface area (TPSA) is 53.5 Å². The Morgan fingerprint density at radius 2 is 1.64 bits per heavy atom. The highest BCUT2D eigenvalue weighted by atomic mass is 16.5. The molecule has 4 nitrogen and oxygen atoms in total. The Morgan fingerprint density at radius 3 is 2.36 bits per heavy atom. The van der Waals surface area contributed by atoms with E-state index in [-0.39, 0.29) is 12.0 Å². The van der Waals surface area contributed by atoms with Gasteiger partial charge in [-0.3, -0.25) is 10.9 Å². The molecule has 0 spiro atoms. The minimum Gasteiger partial charge on any atom is -0.494 e. The summed E-state index contributed by atoms with van der Waals surface area (Å²) in [7, 11) is 0. The fraction of sp³-hybridized carbons (Fsp3) is 0.333. The highest BCUT2D eigenvalue weighted by Gasteiger charge is 2.28. The number of hydrogen-bond donors (Lipinski definition) is 3. The molecule has 132 valence electrons. The highest BCUT2D eigenvalue weighted by Crippen LogP contribution is 2.22. The molecule has 4 heteroatoms. The molecule has 3 rings (SSSR count). The summed E-state index contributed by atoms with van der Waals surface area (Å²) in [4.78, 5) is 0. The molecular formula is C21H26N2O2. The second-order valence-corrected chi connectivity index (χ2v) is 6.58. The monoisotopic (exact) mass is 338 g/mol. The van der Waals surface area contributed by atoms with Gasteiger partial charge in [0.2, 0.25) is 0 Å². The summed E-state index contributed by atoms with van der Waals surface area (Å²) in [6.45, 7) is 5.26. The molecule has 3 atom stereocenters. The number of ether oxygens (including phenoxy) is 1. The second kappa shape index (κ2) is 8.30. The second-order valence-electron chi connectivity index (χ2n) is 6.58. The maximum Gasteiger partial charge on any atom is 0.117 e. The number of nitrogens with one attached hydrogen (secondary N) is 2. The molecule has 0 fully saturated rings. The van der Waals surface area contributed by atoms with Crippen molar-refractivity contribution >= 4 is 0 Å². The molecule has 0 bridgehead atoms. The zero-order chi connectivity index (χ0) is 17.6. The van der Waals surface area contributed by atoms with Gasteiger partial charge >= 0.3 is 0 Å². The predicted octanol–water partition coefficient (Wildman–Crippen LogP) is 3.25. The van der Waals surface area contributed by atoms with Crippen LogP contribution < -0.4 is 10.9 Å². The Bertz CT molecular complexity index is 698. The molecule has 25 heavy (non-hydrogen) atoms. The van der Waals surface area contributed by atoms with Crippen LogP contribution in [0.2, 0.25) is 0 Å². The van der Waals surface area contributed by atoms with Gasteiger partial charge in [-0.05, 0) is 29.7 Å². The van der Waals surface area contributed by atoms with Crippen LogP contribution in [-0.4, -0.2) is 23.9 Å². The van der Waals surface area contributed by atoms with E-state index in [9.17, 15) is 5.11 Å². The van der Waals surface area contributed by atoms with E-state index in [2.05, 4.69) is 59.4 Å². The number of allylic oxidation sites excluding steroid dienone is 1. The van der Waals surface area contributed by atoms with Crippen LogP contribution in [-0.2, 0) is 11.3 Å². The first-order valence-corrected chi connectivity index (χ1v) is 8.77. The van der Waals surface area contributed by atoms with E-state index in [0.717, 1.165) is 12.3 Å². The van der Waals surface area contributed by atoms with Gasteiger partial charge in [0.25, 0.3) is 0 Å². The van der Waals surface area contributed by atoms with Crippen molar-refractivity contribution in [2.75, 3.05) is 6.54 Å². The van der Waals surface area contributed by atoms with Gasteiger partial charge in [-0.1, -0.05) is 61.5 Å². The van der Waals surface area contributed by atoms with Crippen LogP contribution in [0.3, 0.4) is 0 Å². The Kier molecular flexibility index (Phi) is 5.87. The molecule has 2 aromatic carbocycles.